The van der Waals surface area contributed by atoms with Crippen molar-refractivity contribution in [1.29, 1.82) is 0 Å². The van der Waals surface area contributed by atoms with Crippen molar-refractivity contribution in [3.8, 4) is 0 Å². The molecule has 0 radical (unpaired) electrons. The number of quaternary nitrogens is 1. The molecule has 0 aromatic heterocycles. The Hall–Kier alpha value is -1.46. The van der Waals surface area contributed by atoms with Crippen LogP contribution in [0.15, 0.2) is 22.3 Å². The van der Waals surface area contributed by atoms with E-state index in [2.05, 4.69) is 13.8 Å². The summed E-state index contributed by atoms with van der Waals surface area (Å²) in [5, 5.41) is 14.0. The highest BCUT2D eigenvalue weighted by Crippen LogP contribution is 2.74. The van der Waals surface area contributed by atoms with Crippen LogP contribution in [0.4, 0.5) is 0 Å². The van der Waals surface area contributed by atoms with Crippen LogP contribution in [-0.4, -0.2) is 42.6 Å². The number of carbonyl (C=O) groups excluding carboxylic acids is 2. The third-order valence-electron chi connectivity index (χ3n) is 9.87. The molecule has 0 aromatic rings. The lowest BCUT2D eigenvalue weighted by molar-refractivity contribution is -0.908. The average molecular weight is 383 g/mol. The minimum atomic E-state index is -0.661. The second-order valence-corrected chi connectivity index (χ2v) is 10.5. The maximum Gasteiger partial charge on any atom is 0.334 e. The molecule has 0 unspecified atom stereocenters. The molecular formula is C23H29NO4. The molecule has 2 heterocycles. The van der Waals surface area contributed by atoms with Gasteiger partial charge in [0.1, 0.15) is 5.78 Å². The summed E-state index contributed by atoms with van der Waals surface area (Å²) in [4.78, 5) is 27.0. The van der Waals surface area contributed by atoms with Crippen molar-refractivity contribution in [2.45, 2.75) is 58.4 Å². The number of fused-ring (bicyclic) bond motifs is 1. The molecule has 7 atom stereocenters. The zero-order chi connectivity index (χ0) is 19.6. The summed E-state index contributed by atoms with van der Waals surface area (Å²) in [6.07, 6.45) is 5.03. The van der Waals surface area contributed by atoms with Gasteiger partial charge in [0.15, 0.2) is 0 Å². The molecule has 4 aliphatic carbocycles. The van der Waals surface area contributed by atoms with E-state index in [9.17, 15) is 14.8 Å². The number of hydrogen-bond donors (Lipinski definition) is 0. The molecule has 28 heavy (non-hydrogen) atoms. The highest BCUT2D eigenvalue weighted by molar-refractivity contribution is 6.01. The first-order valence-electron chi connectivity index (χ1n) is 10.9. The summed E-state index contributed by atoms with van der Waals surface area (Å²) < 4.78 is 5.03. The van der Waals surface area contributed by atoms with Gasteiger partial charge >= 0.3 is 5.97 Å². The molecule has 5 nitrogen and oxygen atoms in total. The van der Waals surface area contributed by atoms with Gasteiger partial charge in [-0.05, 0) is 43.3 Å². The van der Waals surface area contributed by atoms with E-state index in [0.29, 0.717) is 25.3 Å². The quantitative estimate of drug-likeness (QED) is 0.396. The van der Waals surface area contributed by atoms with Crippen molar-refractivity contribution < 1.29 is 19.0 Å². The standard InChI is InChI=1S/C23H29NO4/c1-12-10-24(27)11-14-6-4-13-5-7-15-17(21(26)28-3)9-23(19(13)15)20(25)16(12)8-18(24)22(14,23)2/h12,14,16,18H,4-11H2,1-3H3/t12-,14-,16-,18-,22-,23+,24+/m1/s1. The van der Waals surface area contributed by atoms with Crippen LogP contribution in [-0.2, 0) is 14.3 Å². The van der Waals surface area contributed by atoms with Crippen LogP contribution in [0.25, 0.3) is 0 Å². The van der Waals surface area contributed by atoms with Gasteiger partial charge in [0.25, 0.3) is 0 Å². The number of esters is 1. The van der Waals surface area contributed by atoms with Crippen molar-refractivity contribution in [2.24, 2.45) is 28.6 Å². The molecule has 2 saturated heterocycles. The fraction of sp³-hybridized carbons (Fsp3) is 0.739. The van der Waals surface area contributed by atoms with E-state index in [1.807, 2.05) is 0 Å². The Morgan fingerprint density at radius 2 is 2.04 bits per heavy atom. The molecule has 5 heteroatoms. The summed E-state index contributed by atoms with van der Waals surface area (Å²) >= 11 is 0. The van der Waals surface area contributed by atoms with Crippen LogP contribution in [0.2, 0.25) is 0 Å². The summed E-state index contributed by atoms with van der Waals surface area (Å²) in [6.45, 7) is 5.58. The fourth-order valence-electron chi connectivity index (χ4n) is 8.80. The Morgan fingerprint density at radius 3 is 2.79 bits per heavy atom. The SMILES string of the molecule is COC(=O)C1=C2CCC3=C2[C@@]2(C1)C(=O)[C@@H]1C[C@@H]4[C@@]2(C)[C@H](CC3)C[N@@+]4([O-])C[C@H]1C. The second-order valence-electron chi connectivity index (χ2n) is 10.5. The molecule has 2 bridgehead atoms. The van der Waals surface area contributed by atoms with Crippen molar-refractivity contribution in [3.63, 3.8) is 0 Å². The topological polar surface area (TPSA) is 66.4 Å². The first kappa shape index (κ1) is 17.4. The van der Waals surface area contributed by atoms with Gasteiger partial charge in [-0.25, -0.2) is 4.79 Å². The largest absolute Gasteiger partial charge is 0.633 e. The zero-order valence-corrected chi connectivity index (χ0v) is 17.0. The number of methoxy groups -OCH3 is 1. The zero-order valence-electron chi connectivity index (χ0n) is 17.0. The summed E-state index contributed by atoms with van der Waals surface area (Å²) in [5.74, 6) is 0.405. The number of Topliss-reactive ketones (excluding diaryl/α,β-unsaturated/α-hetero) is 1. The molecule has 3 fully saturated rings. The number of allylic oxidation sites excluding steroid dienone is 3. The van der Waals surface area contributed by atoms with Crippen LogP contribution in [0.5, 0.6) is 0 Å². The molecular weight excluding hydrogens is 354 g/mol. The average Bonchev–Trinajstić information content (AvgIpc) is 3.26. The smallest absolute Gasteiger partial charge is 0.334 e. The lowest BCUT2D eigenvalue weighted by atomic mass is 9.45. The van der Waals surface area contributed by atoms with Crippen molar-refractivity contribution >= 4 is 11.8 Å². The van der Waals surface area contributed by atoms with Gasteiger partial charge in [0.2, 0.25) is 0 Å². The number of piperidine rings is 1. The summed E-state index contributed by atoms with van der Waals surface area (Å²) in [5.41, 5.74) is 3.41. The minimum absolute atomic E-state index is 0.0119. The lowest BCUT2D eigenvalue weighted by Crippen LogP contribution is -2.68. The number of ketones is 1. The number of hydroxylamine groups is 3. The highest BCUT2D eigenvalue weighted by atomic mass is 16.6. The highest BCUT2D eigenvalue weighted by Gasteiger charge is 2.78. The van der Waals surface area contributed by atoms with Crippen molar-refractivity contribution in [2.75, 3.05) is 20.2 Å². The first-order valence-corrected chi connectivity index (χ1v) is 10.9. The molecule has 0 N–H and O–H groups in total. The summed E-state index contributed by atoms with van der Waals surface area (Å²) in [6, 6.07) is -0.0119. The molecule has 150 valence electrons. The van der Waals surface area contributed by atoms with Gasteiger partial charge in [-0.15, -0.1) is 0 Å². The van der Waals surface area contributed by atoms with Crippen LogP contribution >= 0.6 is 0 Å². The molecule has 6 rings (SSSR count). The van der Waals surface area contributed by atoms with Crippen LogP contribution in [0, 0.1) is 33.8 Å². The lowest BCUT2D eigenvalue weighted by Gasteiger charge is -2.62. The van der Waals surface area contributed by atoms with E-state index in [1.165, 1.54) is 18.3 Å². The molecule has 6 aliphatic rings. The molecule has 1 saturated carbocycles. The van der Waals surface area contributed by atoms with E-state index in [0.717, 1.165) is 43.3 Å². The maximum absolute atomic E-state index is 14.3. The Labute approximate surface area is 166 Å². The van der Waals surface area contributed by atoms with Gasteiger partial charge in [0, 0.05) is 35.2 Å². The number of ether oxygens (including phenoxy) is 1. The van der Waals surface area contributed by atoms with Gasteiger partial charge in [-0.2, -0.15) is 0 Å². The Bertz CT molecular complexity index is 902. The van der Waals surface area contributed by atoms with Gasteiger partial charge in [0.05, 0.1) is 31.7 Å². The second kappa shape index (κ2) is 4.99. The van der Waals surface area contributed by atoms with Crippen LogP contribution in [0.3, 0.4) is 0 Å². The van der Waals surface area contributed by atoms with Crippen molar-refractivity contribution in [3.05, 3.63) is 27.5 Å². The van der Waals surface area contributed by atoms with Gasteiger partial charge in [-0.1, -0.05) is 19.4 Å². The number of hydrogen-bond acceptors (Lipinski definition) is 4. The monoisotopic (exact) mass is 383 g/mol. The molecule has 0 aromatic carbocycles. The van der Waals surface area contributed by atoms with Crippen LogP contribution in [0.1, 0.15) is 52.4 Å². The van der Waals surface area contributed by atoms with Gasteiger partial charge in [-0.3, -0.25) is 4.79 Å². The van der Waals surface area contributed by atoms with E-state index in [4.69, 9.17) is 4.74 Å². The Kier molecular flexibility index (Phi) is 3.10. The third kappa shape index (κ3) is 1.59. The number of rotatable bonds is 1. The summed E-state index contributed by atoms with van der Waals surface area (Å²) in [7, 11) is 1.44. The molecule has 1 spiro atoms. The van der Waals surface area contributed by atoms with E-state index < -0.39 is 5.41 Å². The van der Waals surface area contributed by atoms with E-state index in [-0.39, 0.29) is 39.8 Å². The minimum Gasteiger partial charge on any atom is -0.633 e. The molecule has 0 amide bonds. The molecule has 2 aliphatic heterocycles. The van der Waals surface area contributed by atoms with E-state index in [1.54, 1.807) is 0 Å². The predicted molar refractivity (Wildman–Crippen MR) is 103 cm³/mol. The van der Waals surface area contributed by atoms with Gasteiger partial charge < -0.3 is 14.6 Å². The number of nitrogens with zero attached hydrogens (tertiary/aromatic N) is 1. The van der Waals surface area contributed by atoms with Crippen LogP contribution < -0.4 is 0 Å². The normalized spacial score (nSPS) is 50.8. The van der Waals surface area contributed by atoms with E-state index >= 15 is 0 Å². The predicted octanol–water partition coefficient (Wildman–Crippen LogP) is 3.29. The third-order valence-corrected chi connectivity index (χ3v) is 9.87. The van der Waals surface area contributed by atoms with Crippen molar-refractivity contribution in [1.82, 2.24) is 0 Å². The first-order chi connectivity index (χ1) is 13.3. The Balaban J connectivity index is 1.65. The Morgan fingerprint density at radius 1 is 1.25 bits per heavy atom. The number of carbonyl (C=O) groups is 2. The maximum atomic E-state index is 14.3. The fourth-order valence-corrected chi connectivity index (χ4v) is 8.80.